The van der Waals surface area contributed by atoms with Crippen molar-refractivity contribution < 1.29 is 27.9 Å². The second kappa shape index (κ2) is 13.3. The lowest BCUT2D eigenvalue weighted by Gasteiger charge is -2.31. The Morgan fingerprint density at radius 3 is 2.14 bits per heavy atom. The van der Waals surface area contributed by atoms with Crippen molar-refractivity contribution in [2.75, 3.05) is 35.8 Å². The van der Waals surface area contributed by atoms with Gasteiger partial charge in [-0.25, -0.2) is 14.6 Å². The molecule has 13 heteroatoms. The maximum Gasteiger partial charge on any atom is 0.490 e. The van der Waals surface area contributed by atoms with Crippen LogP contribution in [0.15, 0.2) is 30.5 Å². The van der Waals surface area contributed by atoms with E-state index in [0.29, 0.717) is 23.6 Å². The molecule has 1 saturated carbocycles. The van der Waals surface area contributed by atoms with Gasteiger partial charge in [0.15, 0.2) is 0 Å². The zero-order valence-electron chi connectivity index (χ0n) is 21.1. The Hall–Kier alpha value is -3.28. The Morgan fingerprint density at radius 2 is 1.65 bits per heavy atom. The number of nitrogens with zero attached hydrogens (tertiary/aromatic N) is 4. The van der Waals surface area contributed by atoms with E-state index >= 15 is 0 Å². The fourth-order valence-electron chi connectivity index (χ4n) is 3.84. The maximum atomic E-state index is 12.8. The molecule has 0 saturated heterocycles. The van der Waals surface area contributed by atoms with E-state index in [1.165, 1.54) is 0 Å². The van der Waals surface area contributed by atoms with E-state index in [0.717, 1.165) is 42.8 Å². The van der Waals surface area contributed by atoms with Gasteiger partial charge in [0.25, 0.3) is 0 Å². The Labute approximate surface area is 219 Å². The van der Waals surface area contributed by atoms with E-state index in [-0.39, 0.29) is 12.1 Å². The molecule has 204 valence electrons. The predicted octanol–water partition coefficient (Wildman–Crippen LogP) is 5.10. The van der Waals surface area contributed by atoms with Crippen LogP contribution >= 0.6 is 11.6 Å². The molecule has 9 nitrogen and oxygen atoms in total. The smallest absolute Gasteiger partial charge is 0.475 e. The number of aliphatic carboxylic acids is 1. The third-order valence-electron chi connectivity index (χ3n) is 5.70. The minimum absolute atomic E-state index is 0.0614. The zero-order valence-corrected chi connectivity index (χ0v) is 21.9. The third kappa shape index (κ3) is 9.27. The van der Waals surface area contributed by atoms with Crippen molar-refractivity contribution in [2.24, 2.45) is 0 Å². The van der Waals surface area contributed by atoms with Crippen molar-refractivity contribution in [3.8, 4) is 0 Å². The molecule has 1 aromatic heterocycles. The lowest BCUT2D eigenvalue weighted by Crippen LogP contribution is -2.47. The second-order valence-electron chi connectivity index (χ2n) is 8.76. The van der Waals surface area contributed by atoms with Crippen molar-refractivity contribution in [3.63, 3.8) is 0 Å². The number of anilines is 3. The molecule has 0 aliphatic heterocycles. The van der Waals surface area contributed by atoms with Crippen LogP contribution in [0.2, 0.25) is 5.02 Å². The van der Waals surface area contributed by atoms with E-state index in [4.69, 9.17) is 21.5 Å². The minimum atomic E-state index is -5.08. The van der Waals surface area contributed by atoms with Crippen LogP contribution in [0, 0.1) is 6.92 Å². The molecule has 1 aromatic carbocycles. The first-order valence-electron chi connectivity index (χ1n) is 11.7. The molecule has 0 radical (unpaired) electrons. The molecule has 0 spiro atoms. The standard InChI is InChI=1S/C22H31ClN6O.C2HF3O2/c1-5-29(19-12-6-16(23)7-13-19)22(30)26-18-10-8-17(9-11-18)25-21-24-14-15(2)20(27-21)28(3)4;3-2(4,5)1(6)7/h6-7,12-14,17-18H,5,8-11H2,1-4H3,(H,26,30)(H,24,25,27);(H,6,7). The summed E-state index contributed by atoms with van der Waals surface area (Å²) in [6.07, 6.45) is 0.549. The van der Waals surface area contributed by atoms with Gasteiger partial charge >= 0.3 is 18.2 Å². The molecule has 0 unspecified atom stereocenters. The van der Waals surface area contributed by atoms with Crippen LogP contribution in [0.3, 0.4) is 0 Å². The quantitative estimate of drug-likeness (QED) is 0.464. The number of hydrogen-bond donors (Lipinski definition) is 3. The topological polar surface area (TPSA) is 111 Å². The molecule has 1 fully saturated rings. The molecule has 1 heterocycles. The highest BCUT2D eigenvalue weighted by molar-refractivity contribution is 6.30. The van der Waals surface area contributed by atoms with Gasteiger partial charge in [0, 0.05) is 55.2 Å². The number of rotatable bonds is 6. The van der Waals surface area contributed by atoms with Crippen LogP contribution in [0.4, 0.5) is 35.4 Å². The summed E-state index contributed by atoms with van der Waals surface area (Å²) in [5.41, 5.74) is 1.90. The summed E-state index contributed by atoms with van der Waals surface area (Å²) in [4.78, 5) is 34.5. The molecule has 1 aliphatic rings. The highest BCUT2D eigenvalue weighted by Gasteiger charge is 2.38. The summed E-state index contributed by atoms with van der Waals surface area (Å²) < 4.78 is 31.7. The molecule has 0 atom stereocenters. The molecule has 3 N–H and O–H groups in total. The van der Waals surface area contributed by atoms with Gasteiger partial charge in [-0.05, 0) is 63.8 Å². The number of carboxylic acids is 1. The number of halogens is 4. The number of aryl methyl sites for hydroxylation is 1. The van der Waals surface area contributed by atoms with Crippen LogP contribution in [0.25, 0.3) is 0 Å². The SMILES string of the molecule is CCN(C(=O)NC1CCC(Nc2ncc(C)c(N(C)C)n2)CC1)c1ccc(Cl)cc1.O=C(O)C(F)(F)F. The molecule has 2 amide bonds. The summed E-state index contributed by atoms with van der Waals surface area (Å²) in [7, 11) is 3.97. The number of benzene rings is 1. The summed E-state index contributed by atoms with van der Waals surface area (Å²) >= 11 is 5.96. The van der Waals surface area contributed by atoms with Gasteiger partial charge in [0.2, 0.25) is 5.95 Å². The molecule has 3 rings (SSSR count). The number of hydrogen-bond acceptors (Lipinski definition) is 6. The van der Waals surface area contributed by atoms with E-state index < -0.39 is 12.1 Å². The molecule has 2 aromatic rings. The summed E-state index contributed by atoms with van der Waals surface area (Å²) in [6, 6.07) is 7.78. The number of aromatic nitrogens is 2. The van der Waals surface area contributed by atoms with Crippen LogP contribution in [0.1, 0.15) is 38.2 Å². The van der Waals surface area contributed by atoms with Crippen molar-refractivity contribution in [3.05, 3.63) is 41.0 Å². The van der Waals surface area contributed by atoms with Gasteiger partial charge in [-0.15, -0.1) is 0 Å². The fraction of sp³-hybridized carbons (Fsp3) is 0.500. The largest absolute Gasteiger partial charge is 0.490 e. The highest BCUT2D eigenvalue weighted by atomic mass is 35.5. The Morgan fingerprint density at radius 1 is 1.11 bits per heavy atom. The van der Waals surface area contributed by atoms with E-state index in [9.17, 15) is 18.0 Å². The van der Waals surface area contributed by atoms with Gasteiger partial charge in [-0.3, -0.25) is 4.90 Å². The van der Waals surface area contributed by atoms with Crippen molar-refractivity contribution in [1.29, 1.82) is 0 Å². The number of carbonyl (C=O) groups excluding carboxylic acids is 1. The lowest BCUT2D eigenvalue weighted by molar-refractivity contribution is -0.192. The number of nitrogens with one attached hydrogen (secondary N) is 2. The van der Waals surface area contributed by atoms with E-state index in [1.54, 1.807) is 17.0 Å². The number of alkyl halides is 3. The molecule has 0 bridgehead atoms. The average molecular weight is 545 g/mol. The minimum Gasteiger partial charge on any atom is -0.475 e. The monoisotopic (exact) mass is 544 g/mol. The van der Waals surface area contributed by atoms with E-state index in [2.05, 4.69) is 20.6 Å². The van der Waals surface area contributed by atoms with Crippen molar-refractivity contribution in [2.45, 2.75) is 57.8 Å². The summed E-state index contributed by atoms with van der Waals surface area (Å²) in [6.45, 7) is 4.58. The van der Waals surface area contributed by atoms with Crippen LogP contribution in [0.5, 0.6) is 0 Å². The number of carboxylic acid groups (broad SMARTS) is 1. The predicted molar refractivity (Wildman–Crippen MR) is 137 cm³/mol. The Kier molecular flexibility index (Phi) is 10.8. The van der Waals surface area contributed by atoms with E-state index in [1.807, 2.05) is 51.2 Å². The Bertz CT molecular complexity index is 1050. The molecular formula is C24H32ClF3N6O3. The number of urea groups is 1. The van der Waals surface area contributed by atoms with Crippen LogP contribution in [-0.4, -0.2) is 66.0 Å². The maximum absolute atomic E-state index is 12.8. The molecule has 1 aliphatic carbocycles. The van der Waals surface area contributed by atoms with Crippen molar-refractivity contribution in [1.82, 2.24) is 15.3 Å². The number of carbonyl (C=O) groups is 2. The van der Waals surface area contributed by atoms with Crippen molar-refractivity contribution >= 4 is 41.1 Å². The second-order valence-corrected chi connectivity index (χ2v) is 9.20. The first-order valence-corrected chi connectivity index (χ1v) is 12.1. The van der Waals surface area contributed by atoms with Gasteiger partial charge in [-0.1, -0.05) is 11.6 Å². The summed E-state index contributed by atoms with van der Waals surface area (Å²) in [5.74, 6) is -1.17. The van der Waals surface area contributed by atoms with Crippen LogP contribution < -0.4 is 20.4 Å². The van der Waals surface area contributed by atoms with Gasteiger partial charge < -0.3 is 20.6 Å². The first-order chi connectivity index (χ1) is 17.3. The molecular weight excluding hydrogens is 513 g/mol. The first kappa shape index (κ1) is 29.9. The fourth-order valence-corrected chi connectivity index (χ4v) is 3.96. The summed E-state index contributed by atoms with van der Waals surface area (Å²) in [5, 5.41) is 14.4. The van der Waals surface area contributed by atoms with Gasteiger partial charge in [-0.2, -0.15) is 18.2 Å². The van der Waals surface area contributed by atoms with Gasteiger partial charge in [0.1, 0.15) is 5.82 Å². The Balaban J connectivity index is 0.000000604. The third-order valence-corrected chi connectivity index (χ3v) is 5.95. The number of amides is 2. The lowest BCUT2D eigenvalue weighted by atomic mass is 9.91. The van der Waals surface area contributed by atoms with Crippen LogP contribution in [-0.2, 0) is 4.79 Å². The molecule has 37 heavy (non-hydrogen) atoms. The normalized spacial score (nSPS) is 17.2. The average Bonchev–Trinajstić information content (AvgIpc) is 2.83. The van der Waals surface area contributed by atoms with Gasteiger partial charge in [0.05, 0.1) is 0 Å². The highest BCUT2D eigenvalue weighted by Crippen LogP contribution is 2.24. The zero-order chi connectivity index (χ0) is 27.8.